The first-order valence-electron chi connectivity index (χ1n) is 6.58. The van der Waals surface area contributed by atoms with Crippen LogP contribution in [0.2, 0.25) is 0 Å². The fraction of sp³-hybridized carbons (Fsp3) is 0.467. The number of methoxy groups -OCH3 is 1. The lowest BCUT2D eigenvalue weighted by molar-refractivity contribution is 0.406. The Balaban J connectivity index is 1.68. The molecule has 3 nitrogen and oxygen atoms in total. The van der Waals surface area contributed by atoms with E-state index in [2.05, 4.69) is 23.7 Å². The molecule has 0 radical (unpaired) electrons. The number of nitrogens with one attached hydrogen (secondary N) is 1. The summed E-state index contributed by atoms with van der Waals surface area (Å²) in [5.74, 6) is 1.77. The highest BCUT2D eigenvalue weighted by Gasteiger charge is 2.41. The monoisotopic (exact) mass is 277 g/mol. The van der Waals surface area contributed by atoms with Crippen LogP contribution < -0.4 is 10.1 Å². The number of hydrogen-bond donors (Lipinski definition) is 1. The van der Waals surface area contributed by atoms with E-state index in [1.165, 1.54) is 12.8 Å². The summed E-state index contributed by atoms with van der Waals surface area (Å²) in [7, 11) is 1.67. The number of ether oxygens (including phenoxy) is 1. The molecule has 0 saturated heterocycles. The van der Waals surface area contributed by atoms with Gasteiger partial charge in [0.1, 0.15) is 5.76 Å². The standard InChI is InChI=1S/C15H19NO2S/c1-17-13-5-3-4-11-8-12(18-14(11)13)9-16-10-15(19-2)6-7-15/h3-5,8,16H,6-7,9-10H2,1-2H3. The summed E-state index contributed by atoms with van der Waals surface area (Å²) in [5.41, 5.74) is 0.841. The number of thioether (sulfide) groups is 1. The minimum absolute atomic E-state index is 0.490. The third kappa shape index (κ3) is 2.60. The van der Waals surface area contributed by atoms with Crippen molar-refractivity contribution in [3.8, 4) is 5.75 Å². The van der Waals surface area contributed by atoms with E-state index in [1.807, 2.05) is 23.9 Å². The van der Waals surface area contributed by atoms with Crippen LogP contribution in [-0.2, 0) is 6.54 Å². The lowest BCUT2D eigenvalue weighted by Gasteiger charge is -2.11. The molecule has 0 spiro atoms. The van der Waals surface area contributed by atoms with Crippen LogP contribution in [0.5, 0.6) is 5.75 Å². The SMILES string of the molecule is COc1cccc2cc(CNCC3(SC)CC3)oc12. The second-order valence-electron chi connectivity index (χ2n) is 5.08. The van der Waals surface area contributed by atoms with Gasteiger partial charge in [-0.2, -0.15) is 11.8 Å². The molecule has 0 atom stereocenters. The minimum Gasteiger partial charge on any atom is -0.493 e. The van der Waals surface area contributed by atoms with Crippen molar-refractivity contribution in [2.24, 2.45) is 0 Å². The van der Waals surface area contributed by atoms with E-state index in [-0.39, 0.29) is 0 Å². The summed E-state index contributed by atoms with van der Waals surface area (Å²) in [4.78, 5) is 0. The Labute approximate surface area is 117 Å². The van der Waals surface area contributed by atoms with Gasteiger partial charge in [0, 0.05) is 16.7 Å². The molecule has 1 aromatic carbocycles. The molecule has 1 aromatic heterocycles. The lowest BCUT2D eigenvalue weighted by Crippen LogP contribution is -2.25. The minimum atomic E-state index is 0.490. The molecule has 0 amide bonds. The topological polar surface area (TPSA) is 34.4 Å². The summed E-state index contributed by atoms with van der Waals surface area (Å²) in [6, 6.07) is 8.05. The molecule has 1 heterocycles. The van der Waals surface area contributed by atoms with E-state index < -0.39 is 0 Å². The maximum atomic E-state index is 5.86. The highest BCUT2D eigenvalue weighted by atomic mass is 32.2. The molecule has 1 saturated carbocycles. The molecule has 19 heavy (non-hydrogen) atoms. The molecule has 3 rings (SSSR count). The molecule has 1 N–H and O–H groups in total. The lowest BCUT2D eigenvalue weighted by atomic mass is 10.2. The van der Waals surface area contributed by atoms with E-state index in [9.17, 15) is 0 Å². The van der Waals surface area contributed by atoms with Gasteiger partial charge in [0.2, 0.25) is 0 Å². The molecule has 1 aliphatic rings. The number of para-hydroxylation sites is 1. The van der Waals surface area contributed by atoms with Crippen LogP contribution >= 0.6 is 11.8 Å². The molecule has 102 valence electrons. The van der Waals surface area contributed by atoms with Gasteiger partial charge < -0.3 is 14.5 Å². The molecule has 1 fully saturated rings. The molecule has 0 aliphatic heterocycles. The Hall–Kier alpha value is -1.13. The molecular formula is C15H19NO2S. The summed E-state index contributed by atoms with van der Waals surface area (Å²) in [6.45, 7) is 1.84. The van der Waals surface area contributed by atoms with Gasteiger partial charge >= 0.3 is 0 Å². The first-order chi connectivity index (χ1) is 9.26. The van der Waals surface area contributed by atoms with Crippen molar-refractivity contribution in [2.45, 2.75) is 24.1 Å². The summed E-state index contributed by atoms with van der Waals surface area (Å²) >= 11 is 1.97. The molecule has 0 unspecified atom stereocenters. The van der Waals surface area contributed by atoms with E-state index >= 15 is 0 Å². The summed E-state index contributed by atoms with van der Waals surface area (Å²) < 4.78 is 11.7. The Morgan fingerprint density at radius 2 is 2.26 bits per heavy atom. The molecular weight excluding hydrogens is 258 g/mol. The third-order valence-corrected chi connectivity index (χ3v) is 5.18. The van der Waals surface area contributed by atoms with E-state index in [0.717, 1.165) is 35.6 Å². The van der Waals surface area contributed by atoms with Crippen molar-refractivity contribution in [1.82, 2.24) is 5.32 Å². The summed E-state index contributed by atoms with van der Waals surface area (Å²) in [6.07, 6.45) is 4.85. The smallest absolute Gasteiger partial charge is 0.176 e. The van der Waals surface area contributed by atoms with E-state index in [0.29, 0.717) is 4.75 Å². The van der Waals surface area contributed by atoms with Crippen LogP contribution in [0, 0.1) is 0 Å². The van der Waals surface area contributed by atoms with Crippen LogP contribution in [0.1, 0.15) is 18.6 Å². The molecule has 4 heteroatoms. The number of hydrogen-bond acceptors (Lipinski definition) is 4. The van der Waals surface area contributed by atoms with Gasteiger partial charge in [-0.1, -0.05) is 12.1 Å². The first-order valence-corrected chi connectivity index (χ1v) is 7.80. The molecule has 1 aliphatic carbocycles. The van der Waals surface area contributed by atoms with Gasteiger partial charge in [0.25, 0.3) is 0 Å². The van der Waals surface area contributed by atoms with Gasteiger partial charge in [-0.25, -0.2) is 0 Å². The van der Waals surface area contributed by atoms with Crippen LogP contribution in [0.25, 0.3) is 11.0 Å². The fourth-order valence-electron chi connectivity index (χ4n) is 2.34. The quantitative estimate of drug-likeness (QED) is 0.877. The Morgan fingerprint density at radius 3 is 2.95 bits per heavy atom. The van der Waals surface area contributed by atoms with Crippen LogP contribution in [0.3, 0.4) is 0 Å². The van der Waals surface area contributed by atoms with Crippen molar-refractivity contribution in [1.29, 1.82) is 0 Å². The Bertz CT molecular complexity index is 575. The Kier molecular flexibility index (Phi) is 3.46. The van der Waals surface area contributed by atoms with Gasteiger partial charge in [-0.05, 0) is 31.2 Å². The fourth-order valence-corrected chi connectivity index (χ4v) is 3.10. The zero-order chi connectivity index (χ0) is 13.3. The van der Waals surface area contributed by atoms with Crippen LogP contribution in [0.15, 0.2) is 28.7 Å². The average molecular weight is 277 g/mol. The number of furan rings is 1. The van der Waals surface area contributed by atoms with Crippen molar-refractivity contribution < 1.29 is 9.15 Å². The second-order valence-corrected chi connectivity index (χ2v) is 6.36. The highest BCUT2D eigenvalue weighted by molar-refractivity contribution is 8.00. The highest BCUT2D eigenvalue weighted by Crippen LogP contribution is 2.46. The van der Waals surface area contributed by atoms with Gasteiger partial charge in [-0.15, -0.1) is 0 Å². The predicted molar refractivity (Wildman–Crippen MR) is 80.0 cm³/mol. The maximum Gasteiger partial charge on any atom is 0.176 e. The zero-order valence-electron chi connectivity index (χ0n) is 11.4. The average Bonchev–Trinajstić information content (AvgIpc) is 3.09. The van der Waals surface area contributed by atoms with Crippen molar-refractivity contribution in [3.05, 3.63) is 30.0 Å². The zero-order valence-corrected chi connectivity index (χ0v) is 12.2. The van der Waals surface area contributed by atoms with Crippen molar-refractivity contribution >= 4 is 22.7 Å². The third-order valence-electron chi connectivity index (χ3n) is 3.77. The largest absolute Gasteiger partial charge is 0.493 e. The van der Waals surface area contributed by atoms with Crippen LogP contribution in [0.4, 0.5) is 0 Å². The summed E-state index contributed by atoms with van der Waals surface area (Å²) in [5, 5.41) is 4.60. The van der Waals surface area contributed by atoms with Gasteiger partial charge in [-0.3, -0.25) is 0 Å². The van der Waals surface area contributed by atoms with E-state index in [4.69, 9.17) is 9.15 Å². The van der Waals surface area contributed by atoms with Gasteiger partial charge in [0.15, 0.2) is 11.3 Å². The second kappa shape index (κ2) is 5.10. The number of rotatable bonds is 6. The Morgan fingerprint density at radius 1 is 1.42 bits per heavy atom. The molecule has 0 bridgehead atoms. The molecule has 2 aromatic rings. The maximum absolute atomic E-state index is 5.86. The normalized spacial score (nSPS) is 16.7. The van der Waals surface area contributed by atoms with E-state index in [1.54, 1.807) is 7.11 Å². The van der Waals surface area contributed by atoms with Gasteiger partial charge in [0.05, 0.1) is 13.7 Å². The number of fused-ring (bicyclic) bond motifs is 1. The first kappa shape index (κ1) is 12.9. The number of benzene rings is 1. The predicted octanol–water partition coefficient (Wildman–Crippen LogP) is 3.43. The van der Waals surface area contributed by atoms with Crippen LogP contribution in [-0.4, -0.2) is 24.7 Å². The van der Waals surface area contributed by atoms with Crippen molar-refractivity contribution in [3.63, 3.8) is 0 Å². The van der Waals surface area contributed by atoms with Crippen molar-refractivity contribution in [2.75, 3.05) is 19.9 Å².